The molecule has 5 heteroatoms. The Kier molecular flexibility index (Phi) is 11.5. The molecule has 1 fully saturated rings. The topological polar surface area (TPSA) is 94.8 Å². The second-order valence-electron chi connectivity index (χ2n) is 7.58. The van der Waals surface area contributed by atoms with Crippen LogP contribution in [0.25, 0.3) is 0 Å². The highest BCUT2D eigenvalue weighted by atomic mass is 16.4. The van der Waals surface area contributed by atoms with E-state index >= 15 is 0 Å². The Morgan fingerprint density at radius 2 is 1.65 bits per heavy atom. The number of carbonyl (C=O) groups excluding carboxylic acids is 1. The van der Waals surface area contributed by atoms with E-state index in [1.165, 1.54) is 6.42 Å². The quantitative estimate of drug-likeness (QED) is 0.320. The number of aliphatic hydroxyl groups excluding tert-OH is 2. The number of carboxylic acids is 1. The molecule has 0 bridgehead atoms. The third kappa shape index (κ3) is 8.95. The summed E-state index contributed by atoms with van der Waals surface area (Å²) in [6, 6.07) is 0. The number of carbonyl (C=O) groups is 2. The minimum atomic E-state index is -0.785. The summed E-state index contributed by atoms with van der Waals surface area (Å²) in [5.74, 6) is -0.577. The molecule has 0 spiro atoms. The number of Topliss-reactive ketones (excluding diaryl/α,β-unsaturated/α-hetero) is 1. The van der Waals surface area contributed by atoms with Crippen LogP contribution in [0, 0.1) is 11.8 Å². The Hall–Kier alpha value is -1.20. The highest BCUT2D eigenvalue weighted by Gasteiger charge is 2.40. The Morgan fingerprint density at radius 1 is 0.923 bits per heavy atom. The van der Waals surface area contributed by atoms with Gasteiger partial charge in [-0.2, -0.15) is 0 Å². The number of unbranched alkanes of at least 4 members (excludes halogenated alkanes) is 4. The van der Waals surface area contributed by atoms with Gasteiger partial charge in [-0.1, -0.05) is 38.3 Å². The van der Waals surface area contributed by atoms with Gasteiger partial charge in [0, 0.05) is 19.3 Å². The van der Waals surface area contributed by atoms with Crippen LogP contribution in [-0.2, 0) is 9.59 Å². The second-order valence-corrected chi connectivity index (χ2v) is 7.58. The standard InChI is InChI=1S/C21H36O5/c1-2-3-4-7-10-16(22)13-14-18-17(19(23)15-20(18)24)11-8-5-6-9-12-21(25)26/h5,8,17-20,23-24H,2-4,6-7,9-15H2,1H3,(H,25,26)/t17-,18-,19+,20-/m1/s1. The molecule has 1 aliphatic rings. The zero-order chi connectivity index (χ0) is 19.4. The average Bonchev–Trinajstić information content (AvgIpc) is 2.85. The van der Waals surface area contributed by atoms with Crippen LogP contribution < -0.4 is 0 Å². The van der Waals surface area contributed by atoms with Crippen molar-refractivity contribution in [3.05, 3.63) is 12.2 Å². The van der Waals surface area contributed by atoms with Gasteiger partial charge in [0.1, 0.15) is 5.78 Å². The maximum atomic E-state index is 12.0. The maximum absolute atomic E-state index is 12.0. The molecule has 1 aliphatic carbocycles. The summed E-state index contributed by atoms with van der Waals surface area (Å²) in [6.45, 7) is 2.15. The zero-order valence-electron chi connectivity index (χ0n) is 16.1. The lowest BCUT2D eigenvalue weighted by molar-refractivity contribution is -0.137. The summed E-state index contributed by atoms with van der Waals surface area (Å²) < 4.78 is 0. The van der Waals surface area contributed by atoms with E-state index in [4.69, 9.17) is 5.11 Å². The van der Waals surface area contributed by atoms with Crippen molar-refractivity contribution in [2.24, 2.45) is 11.8 Å². The molecule has 0 aliphatic heterocycles. The SMILES string of the molecule is CCCCCCC(=O)CC[C@@H]1[C@@H](CC=CCCCC(=O)O)[C@@H](O)C[C@H]1O. The van der Waals surface area contributed by atoms with Gasteiger partial charge in [-0.25, -0.2) is 0 Å². The van der Waals surface area contributed by atoms with Crippen molar-refractivity contribution in [1.29, 1.82) is 0 Å². The summed E-state index contributed by atoms with van der Waals surface area (Å²) in [5.41, 5.74) is 0. The van der Waals surface area contributed by atoms with Gasteiger partial charge >= 0.3 is 5.97 Å². The van der Waals surface area contributed by atoms with Crippen molar-refractivity contribution in [3.63, 3.8) is 0 Å². The minimum Gasteiger partial charge on any atom is -0.481 e. The van der Waals surface area contributed by atoms with Crippen molar-refractivity contribution < 1.29 is 24.9 Å². The summed E-state index contributed by atoms with van der Waals surface area (Å²) in [6.07, 6.45) is 11.5. The molecule has 0 saturated heterocycles. The molecular weight excluding hydrogens is 332 g/mol. The van der Waals surface area contributed by atoms with Gasteiger partial charge < -0.3 is 15.3 Å². The number of aliphatic hydroxyl groups is 2. The van der Waals surface area contributed by atoms with Crippen molar-refractivity contribution in [3.8, 4) is 0 Å². The highest BCUT2D eigenvalue weighted by Crippen LogP contribution is 2.38. The third-order valence-electron chi connectivity index (χ3n) is 5.42. The monoisotopic (exact) mass is 368 g/mol. The molecule has 0 heterocycles. The first-order valence-corrected chi connectivity index (χ1v) is 10.2. The summed E-state index contributed by atoms with van der Waals surface area (Å²) >= 11 is 0. The largest absolute Gasteiger partial charge is 0.481 e. The van der Waals surface area contributed by atoms with Crippen molar-refractivity contribution >= 4 is 11.8 Å². The first-order valence-electron chi connectivity index (χ1n) is 10.2. The first kappa shape index (κ1) is 22.8. The lowest BCUT2D eigenvalue weighted by Crippen LogP contribution is -2.22. The number of rotatable bonds is 14. The van der Waals surface area contributed by atoms with Gasteiger partial charge in [0.2, 0.25) is 0 Å². The molecule has 0 amide bonds. The van der Waals surface area contributed by atoms with Crippen LogP contribution in [0.1, 0.15) is 84.0 Å². The molecule has 5 nitrogen and oxygen atoms in total. The number of hydrogen-bond acceptors (Lipinski definition) is 4. The summed E-state index contributed by atoms with van der Waals surface area (Å²) in [7, 11) is 0. The van der Waals surface area contributed by atoms with E-state index in [1.807, 2.05) is 12.2 Å². The highest BCUT2D eigenvalue weighted by molar-refractivity contribution is 5.78. The van der Waals surface area contributed by atoms with Gasteiger partial charge in [0.05, 0.1) is 12.2 Å². The molecule has 0 aromatic rings. The molecule has 0 unspecified atom stereocenters. The molecular formula is C21H36O5. The minimum absolute atomic E-state index is 0.0198. The van der Waals surface area contributed by atoms with Gasteiger partial charge in [-0.15, -0.1) is 0 Å². The smallest absolute Gasteiger partial charge is 0.303 e. The lowest BCUT2D eigenvalue weighted by Gasteiger charge is -2.22. The first-order chi connectivity index (χ1) is 12.5. The van der Waals surface area contributed by atoms with E-state index in [1.54, 1.807) is 0 Å². The molecule has 0 radical (unpaired) electrons. The van der Waals surface area contributed by atoms with Gasteiger partial charge in [0.25, 0.3) is 0 Å². The van der Waals surface area contributed by atoms with E-state index in [9.17, 15) is 19.8 Å². The average molecular weight is 369 g/mol. The van der Waals surface area contributed by atoms with Crippen LogP contribution in [0.2, 0.25) is 0 Å². The fourth-order valence-corrected chi connectivity index (χ4v) is 3.85. The molecule has 4 atom stereocenters. The fourth-order valence-electron chi connectivity index (χ4n) is 3.85. The number of aliphatic carboxylic acids is 1. The van der Waals surface area contributed by atoms with Crippen LogP contribution in [0.15, 0.2) is 12.2 Å². The van der Waals surface area contributed by atoms with Gasteiger partial charge in [-0.3, -0.25) is 9.59 Å². The van der Waals surface area contributed by atoms with Crippen molar-refractivity contribution in [1.82, 2.24) is 0 Å². The zero-order valence-corrected chi connectivity index (χ0v) is 16.1. The fraction of sp³-hybridized carbons (Fsp3) is 0.810. The molecule has 0 aromatic carbocycles. The van der Waals surface area contributed by atoms with Gasteiger partial charge in [0.15, 0.2) is 0 Å². The Bertz CT molecular complexity index is 446. The number of carboxylic acid groups (broad SMARTS) is 1. The lowest BCUT2D eigenvalue weighted by atomic mass is 9.86. The normalized spacial score (nSPS) is 25.8. The van der Waals surface area contributed by atoms with Crippen LogP contribution >= 0.6 is 0 Å². The predicted molar refractivity (Wildman–Crippen MR) is 102 cm³/mol. The summed E-state index contributed by atoms with van der Waals surface area (Å²) in [4.78, 5) is 22.5. The van der Waals surface area contributed by atoms with Crippen LogP contribution in [0.5, 0.6) is 0 Å². The van der Waals surface area contributed by atoms with Crippen molar-refractivity contribution in [2.45, 2.75) is 96.2 Å². The second kappa shape index (κ2) is 13.0. The third-order valence-corrected chi connectivity index (χ3v) is 5.42. The van der Waals surface area contributed by atoms with E-state index in [0.29, 0.717) is 44.9 Å². The number of hydrogen-bond donors (Lipinski definition) is 3. The molecule has 3 N–H and O–H groups in total. The Morgan fingerprint density at radius 3 is 2.35 bits per heavy atom. The van der Waals surface area contributed by atoms with E-state index < -0.39 is 18.2 Å². The van der Waals surface area contributed by atoms with Crippen LogP contribution in [-0.4, -0.2) is 39.3 Å². The molecule has 150 valence electrons. The predicted octanol–water partition coefficient (Wildman–Crippen LogP) is 3.87. The van der Waals surface area contributed by atoms with Crippen LogP contribution in [0.4, 0.5) is 0 Å². The van der Waals surface area contributed by atoms with Crippen LogP contribution in [0.3, 0.4) is 0 Å². The number of ketones is 1. The maximum Gasteiger partial charge on any atom is 0.303 e. The van der Waals surface area contributed by atoms with E-state index in [-0.39, 0.29) is 24.0 Å². The number of allylic oxidation sites excluding steroid dienone is 2. The Labute approximate surface area is 157 Å². The van der Waals surface area contributed by atoms with Gasteiger partial charge in [-0.05, 0) is 50.4 Å². The van der Waals surface area contributed by atoms with Crippen molar-refractivity contribution in [2.75, 3.05) is 0 Å². The summed E-state index contributed by atoms with van der Waals surface area (Å²) in [5, 5.41) is 29.1. The molecule has 1 rings (SSSR count). The van der Waals surface area contributed by atoms with E-state index in [2.05, 4.69) is 6.92 Å². The van der Waals surface area contributed by atoms with E-state index in [0.717, 1.165) is 19.3 Å². The molecule has 26 heavy (non-hydrogen) atoms. The Balaban J connectivity index is 2.35. The molecule has 1 saturated carbocycles. The molecule has 0 aromatic heterocycles.